The minimum Gasteiger partial charge on any atom is -0.388 e. The molecule has 0 aliphatic heterocycles. The van der Waals surface area contributed by atoms with E-state index in [2.05, 4.69) is 29.2 Å². The van der Waals surface area contributed by atoms with Crippen molar-refractivity contribution in [3.8, 4) is 0 Å². The summed E-state index contributed by atoms with van der Waals surface area (Å²) < 4.78 is 0. The van der Waals surface area contributed by atoms with Crippen molar-refractivity contribution in [2.45, 2.75) is 24.9 Å². The molecule has 1 aromatic carbocycles. The third-order valence-electron chi connectivity index (χ3n) is 3.60. The number of benzene rings is 1. The fraction of sp³-hybridized carbons (Fsp3) is 0.267. The van der Waals surface area contributed by atoms with Gasteiger partial charge in [-0.2, -0.15) is 0 Å². The molecule has 0 spiro atoms. The lowest BCUT2D eigenvalue weighted by Gasteiger charge is -2.31. The number of aliphatic hydroxyl groups is 1. The van der Waals surface area contributed by atoms with Crippen LogP contribution in [0, 0.1) is 0 Å². The molecule has 1 aliphatic rings. The topological polar surface area (TPSA) is 33.1 Å². The minimum absolute atomic E-state index is 0.458. The summed E-state index contributed by atoms with van der Waals surface area (Å²) in [5.74, 6) is 0.465. The molecule has 2 unspecified atom stereocenters. The molecule has 0 amide bonds. The Morgan fingerprint density at radius 2 is 2.11 bits per heavy atom. The molecule has 2 aromatic rings. The van der Waals surface area contributed by atoms with Gasteiger partial charge in [0, 0.05) is 6.20 Å². The van der Waals surface area contributed by atoms with Crippen molar-refractivity contribution in [3.63, 3.8) is 0 Å². The van der Waals surface area contributed by atoms with E-state index in [1.807, 2.05) is 6.07 Å². The van der Waals surface area contributed by atoms with Crippen LogP contribution in [0.15, 0.2) is 42.6 Å². The molecule has 92 valence electrons. The van der Waals surface area contributed by atoms with Crippen molar-refractivity contribution in [2.24, 2.45) is 0 Å². The van der Waals surface area contributed by atoms with Gasteiger partial charge in [0.2, 0.25) is 0 Å². The van der Waals surface area contributed by atoms with Crippen LogP contribution in [0.5, 0.6) is 0 Å². The van der Waals surface area contributed by atoms with E-state index in [-0.39, 0.29) is 0 Å². The van der Waals surface area contributed by atoms with E-state index < -0.39 is 6.10 Å². The van der Waals surface area contributed by atoms with E-state index in [1.54, 1.807) is 12.3 Å². The molecule has 0 bridgehead atoms. The summed E-state index contributed by atoms with van der Waals surface area (Å²) in [6.07, 6.45) is 3.00. The standard InChI is InChI=1S/C15H14ClNO/c16-15-6-5-11(9-17-15)14(18)8-12-7-10-3-1-2-4-13(10)12/h1-6,9,12,14,18H,7-8H2. The highest BCUT2D eigenvalue weighted by atomic mass is 35.5. The Balaban J connectivity index is 1.70. The smallest absolute Gasteiger partial charge is 0.129 e. The van der Waals surface area contributed by atoms with Gasteiger partial charge < -0.3 is 5.11 Å². The molecule has 2 nitrogen and oxygen atoms in total. The Morgan fingerprint density at radius 1 is 1.28 bits per heavy atom. The van der Waals surface area contributed by atoms with Crippen molar-refractivity contribution in [3.05, 3.63) is 64.4 Å². The van der Waals surface area contributed by atoms with Crippen LogP contribution in [0.2, 0.25) is 5.15 Å². The summed E-state index contributed by atoms with van der Waals surface area (Å²) in [6.45, 7) is 0. The highest BCUT2D eigenvalue weighted by Crippen LogP contribution is 2.40. The largest absolute Gasteiger partial charge is 0.388 e. The van der Waals surface area contributed by atoms with E-state index in [9.17, 15) is 5.11 Å². The fourth-order valence-corrected chi connectivity index (χ4v) is 2.67. The lowest BCUT2D eigenvalue weighted by molar-refractivity contribution is 0.153. The summed E-state index contributed by atoms with van der Waals surface area (Å²) in [5, 5.41) is 10.6. The lowest BCUT2D eigenvalue weighted by atomic mass is 9.74. The number of aromatic nitrogens is 1. The SMILES string of the molecule is OC(CC1Cc2ccccc21)c1ccc(Cl)nc1. The summed E-state index contributed by atoms with van der Waals surface area (Å²) >= 11 is 5.73. The molecule has 3 heteroatoms. The van der Waals surface area contributed by atoms with Gasteiger partial charge in [-0.1, -0.05) is 41.9 Å². The van der Waals surface area contributed by atoms with Crippen LogP contribution in [0.3, 0.4) is 0 Å². The number of hydrogen-bond acceptors (Lipinski definition) is 2. The maximum atomic E-state index is 10.2. The predicted molar refractivity (Wildman–Crippen MR) is 71.7 cm³/mol. The number of nitrogens with zero attached hydrogens (tertiary/aromatic N) is 1. The van der Waals surface area contributed by atoms with Crippen molar-refractivity contribution >= 4 is 11.6 Å². The van der Waals surface area contributed by atoms with Crippen molar-refractivity contribution in [2.75, 3.05) is 0 Å². The zero-order valence-corrected chi connectivity index (χ0v) is 10.6. The molecule has 1 aliphatic carbocycles. The third-order valence-corrected chi connectivity index (χ3v) is 3.83. The van der Waals surface area contributed by atoms with Gasteiger partial charge in [0.05, 0.1) is 6.10 Å². The Bertz CT molecular complexity index is 553. The first kappa shape index (κ1) is 11.7. The highest BCUT2D eigenvalue weighted by Gasteiger charge is 2.27. The molecule has 3 rings (SSSR count). The normalized spacial score (nSPS) is 18.9. The van der Waals surface area contributed by atoms with E-state index >= 15 is 0 Å². The van der Waals surface area contributed by atoms with Gasteiger partial charge in [0.25, 0.3) is 0 Å². The summed E-state index contributed by atoms with van der Waals surface area (Å²) in [5.41, 5.74) is 3.62. The highest BCUT2D eigenvalue weighted by molar-refractivity contribution is 6.29. The minimum atomic E-state index is -0.465. The Morgan fingerprint density at radius 3 is 2.83 bits per heavy atom. The number of rotatable bonds is 3. The first-order valence-electron chi connectivity index (χ1n) is 6.11. The van der Waals surface area contributed by atoms with Crippen LogP contribution < -0.4 is 0 Å². The molecular formula is C15H14ClNO. The second-order valence-electron chi connectivity index (χ2n) is 4.77. The predicted octanol–water partition coefficient (Wildman–Crippen LogP) is 3.50. The van der Waals surface area contributed by atoms with Gasteiger partial charge in [0.1, 0.15) is 5.15 Å². The second kappa shape index (κ2) is 4.71. The lowest BCUT2D eigenvalue weighted by Crippen LogP contribution is -2.19. The van der Waals surface area contributed by atoms with E-state index in [0.29, 0.717) is 11.1 Å². The van der Waals surface area contributed by atoms with Crippen molar-refractivity contribution < 1.29 is 5.11 Å². The molecule has 0 fully saturated rings. The second-order valence-corrected chi connectivity index (χ2v) is 5.15. The van der Waals surface area contributed by atoms with Gasteiger partial charge in [0.15, 0.2) is 0 Å². The van der Waals surface area contributed by atoms with Crippen LogP contribution in [0.4, 0.5) is 0 Å². The van der Waals surface area contributed by atoms with Crippen molar-refractivity contribution in [1.82, 2.24) is 4.98 Å². The van der Waals surface area contributed by atoms with Crippen LogP contribution >= 0.6 is 11.6 Å². The summed E-state index contributed by atoms with van der Waals surface area (Å²) in [4.78, 5) is 4.00. The maximum Gasteiger partial charge on any atom is 0.129 e. The molecule has 0 radical (unpaired) electrons. The zero-order chi connectivity index (χ0) is 12.5. The Kier molecular flexibility index (Phi) is 3.06. The number of hydrogen-bond donors (Lipinski definition) is 1. The molecule has 0 saturated heterocycles. The maximum absolute atomic E-state index is 10.2. The summed E-state index contributed by atoms with van der Waals surface area (Å²) in [6, 6.07) is 12.0. The van der Waals surface area contributed by atoms with Gasteiger partial charge in [-0.15, -0.1) is 0 Å². The van der Waals surface area contributed by atoms with Crippen LogP contribution in [-0.4, -0.2) is 10.1 Å². The molecule has 1 N–H and O–H groups in total. The third kappa shape index (κ3) is 2.14. The van der Waals surface area contributed by atoms with Gasteiger partial charge >= 0.3 is 0 Å². The molecule has 18 heavy (non-hydrogen) atoms. The van der Waals surface area contributed by atoms with Gasteiger partial charge in [-0.3, -0.25) is 0 Å². The quantitative estimate of drug-likeness (QED) is 0.856. The molecule has 1 heterocycles. The molecule has 1 aromatic heterocycles. The molecular weight excluding hydrogens is 246 g/mol. The number of fused-ring (bicyclic) bond motifs is 1. The monoisotopic (exact) mass is 259 g/mol. The average Bonchev–Trinajstić information content (AvgIpc) is 2.36. The number of halogens is 1. The van der Waals surface area contributed by atoms with E-state index in [0.717, 1.165) is 18.4 Å². The number of aliphatic hydroxyl groups excluding tert-OH is 1. The van der Waals surface area contributed by atoms with E-state index in [4.69, 9.17) is 11.6 Å². The number of pyridine rings is 1. The van der Waals surface area contributed by atoms with Gasteiger partial charge in [-0.25, -0.2) is 4.98 Å². The average molecular weight is 260 g/mol. The van der Waals surface area contributed by atoms with Crippen LogP contribution in [-0.2, 0) is 6.42 Å². The first-order valence-corrected chi connectivity index (χ1v) is 6.49. The van der Waals surface area contributed by atoms with Crippen LogP contribution in [0.1, 0.15) is 35.1 Å². The fourth-order valence-electron chi connectivity index (χ4n) is 2.56. The first-order chi connectivity index (χ1) is 8.74. The zero-order valence-electron chi connectivity index (χ0n) is 9.88. The summed E-state index contributed by atoms with van der Waals surface area (Å²) in [7, 11) is 0. The van der Waals surface area contributed by atoms with Gasteiger partial charge in [-0.05, 0) is 41.5 Å². The Hall–Kier alpha value is -1.38. The van der Waals surface area contributed by atoms with E-state index in [1.165, 1.54) is 11.1 Å². The molecule has 0 saturated carbocycles. The molecule has 2 atom stereocenters. The van der Waals surface area contributed by atoms with Crippen molar-refractivity contribution in [1.29, 1.82) is 0 Å². The Labute approximate surface area is 111 Å². The van der Waals surface area contributed by atoms with Crippen LogP contribution in [0.25, 0.3) is 0 Å².